The Kier molecular flexibility index (Phi) is 47.2. The van der Waals surface area contributed by atoms with E-state index in [1.807, 2.05) is 10.9 Å². The van der Waals surface area contributed by atoms with Gasteiger partial charge in [-0.2, -0.15) is 25.7 Å². The molecule has 0 heterocycles. The molecule has 0 aromatic rings. The number of carbonyl (C=O) groups excluding carboxylic acids is 6. The van der Waals surface area contributed by atoms with Gasteiger partial charge in [-0.3, -0.25) is 50.5 Å². The number of hydrogen-bond acceptors (Lipinski definition) is 12. The predicted octanol–water partition coefficient (Wildman–Crippen LogP) is -2.49. The van der Waals surface area contributed by atoms with Crippen molar-refractivity contribution in [2.45, 2.75) is 84.5 Å². The second-order valence-electron chi connectivity index (χ2n) is 7.73. The standard InChI is InChI=1S/2C6H11.C3H8N4O2.C2H6BN4O2.2C2H6N2O.Y/c2*1-2-4-6-5-3-1;4-6-2(8)1-3(9)7-5;4-6-1(8)3-2(9)7-5;2*1-2(5)4-3;/h2*1H,2-6H2;1,4-5H2,(H,6,8)(H,7,9);4-5H2,(H,6,8)(H,7,9);2*3H2,1H3,(H,4,5);/q2*-1;;;;;. The molecule has 2 aliphatic carbocycles. The molecule has 0 unspecified atom stereocenters. The molecule has 0 aliphatic heterocycles. The summed E-state index contributed by atoms with van der Waals surface area (Å²) in [7, 11) is 0.694. The molecule has 18 nitrogen and oxygen atoms in total. The van der Waals surface area contributed by atoms with E-state index in [1.165, 1.54) is 78.1 Å². The Labute approximate surface area is 268 Å². The van der Waals surface area contributed by atoms with Crippen LogP contribution in [0.5, 0.6) is 0 Å². The number of hydrogen-bond donors (Lipinski definition) is 12. The number of hydrazine groups is 6. The van der Waals surface area contributed by atoms with Gasteiger partial charge in [-0.15, -0.1) is 0 Å². The van der Waals surface area contributed by atoms with E-state index in [0.29, 0.717) is 7.28 Å². The number of nitrogens with two attached hydrogens (primary N) is 6. The zero-order valence-electron chi connectivity index (χ0n) is 24.0. The number of amides is 6. The first-order valence-electron chi connectivity index (χ1n) is 12.4. The van der Waals surface area contributed by atoms with Gasteiger partial charge in [0, 0.05) is 46.6 Å². The van der Waals surface area contributed by atoms with E-state index in [0.717, 1.165) is 0 Å². The second kappa shape index (κ2) is 39.9. The van der Waals surface area contributed by atoms with Crippen molar-refractivity contribution in [3.05, 3.63) is 12.8 Å². The van der Waals surface area contributed by atoms with Crippen molar-refractivity contribution < 1.29 is 61.5 Å². The van der Waals surface area contributed by atoms with E-state index in [1.54, 1.807) is 21.7 Å². The van der Waals surface area contributed by atoms with Gasteiger partial charge in [-0.05, 0) is 0 Å². The van der Waals surface area contributed by atoms with Crippen LogP contribution in [0.4, 0.5) is 9.59 Å². The maximum absolute atomic E-state index is 10.2. The third-order valence-electron chi connectivity index (χ3n) is 4.23. The molecule has 2 aliphatic rings. The third kappa shape index (κ3) is 54.5. The van der Waals surface area contributed by atoms with Crippen molar-refractivity contribution in [1.82, 2.24) is 32.6 Å². The quantitative estimate of drug-likeness (QED) is 0.0371. The van der Waals surface area contributed by atoms with E-state index in [9.17, 15) is 28.8 Å². The molecule has 2 rings (SSSR count). The first kappa shape index (κ1) is 48.5. The SMILES string of the molecule is CC(=O)NN.CC(=O)NN.NNC(=O)CC(=O)NN.NNC(=O)[B]C(=O)NN.[CH-]1CCCCC1.[CH-]1CCCCC1.[Y]. The van der Waals surface area contributed by atoms with Crippen LogP contribution < -0.4 is 67.6 Å². The van der Waals surface area contributed by atoms with E-state index in [-0.39, 0.29) is 50.9 Å². The molecule has 2 fully saturated rings. The topological polar surface area (TPSA) is 331 Å². The molecule has 0 saturated heterocycles. The van der Waals surface area contributed by atoms with Crippen molar-refractivity contribution in [3.63, 3.8) is 0 Å². The molecule has 0 aromatic heterocycles. The van der Waals surface area contributed by atoms with Gasteiger partial charge < -0.3 is 23.7 Å². The number of nitrogens with one attached hydrogen (secondary N) is 6. The summed E-state index contributed by atoms with van der Waals surface area (Å²) in [6.45, 7) is 2.69. The molecular weight excluding hydrogens is 616 g/mol. The minimum atomic E-state index is -0.696. The summed E-state index contributed by atoms with van der Waals surface area (Å²) in [4.78, 5) is 60.0. The minimum Gasteiger partial charge on any atom is -0.328 e. The van der Waals surface area contributed by atoms with Gasteiger partial charge in [-0.25, -0.2) is 35.1 Å². The van der Waals surface area contributed by atoms with E-state index in [2.05, 4.69) is 47.9 Å². The van der Waals surface area contributed by atoms with Gasteiger partial charge in [0.2, 0.25) is 23.6 Å². The molecule has 18 N–H and O–H groups in total. The van der Waals surface area contributed by atoms with Crippen molar-refractivity contribution in [2.24, 2.45) is 35.1 Å². The second-order valence-corrected chi connectivity index (χ2v) is 7.73. The molecule has 20 heteroatoms. The summed E-state index contributed by atoms with van der Waals surface area (Å²) in [6, 6.07) is 0. The molecule has 41 heavy (non-hydrogen) atoms. The first-order valence-corrected chi connectivity index (χ1v) is 12.4. The Morgan fingerprint density at radius 1 is 0.537 bits per heavy atom. The van der Waals surface area contributed by atoms with Crippen LogP contribution in [-0.4, -0.2) is 42.5 Å². The Morgan fingerprint density at radius 3 is 0.927 bits per heavy atom. The molecule has 236 valence electrons. The van der Waals surface area contributed by atoms with Crippen LogP contribution in [-0.2, 0) is 51.9 Å². The van der Waals surface area contributed by atoms with Crippen LogP contribution in [0, 0.1) is 12.8 Å². The Hall–Kier alpha value is -2.25. The Balaban J connectivity index is -0.000000128. The molecular formula is C21H48BN12O6Y-2. The smallest absolute Gasteiger partial charge is 0.328 e. The summed E-state index contributed by atoms with van der Waals surface area (Å²) in [5, 5.41) is 0. The van der Waals surface area contributed by atoms with E-state index < -0.39 is 23.4 Å². The van der Waals surface area contributed by atoms with Crippen molar-refractivity contribution in [3.8, 4) is 0 Å². The van der Waals surface area contributed by atoms with Crippen LogP contribution in [0.2, 0.25) is 0 Å². The van der Waals surface area contributed by atoms with Crippen LogP contribution in [0.3, 0.4) is 0 Å². The molecule has 0 spiro atoms. The fourth-order valence-electron chi connectivity index (χ4n) is 2.25. The van der Waals surface area contributed by atoms with Crippen LogP contribution >= 0.6 is 0 Å². The Bertz CT molecular complexity index is 580. The monoisotopic (exact) mass is 664 g/mol. The fourth-order valence-corrected chi connectivity index (χ4v) is 2.25. The maximum Gasteiger partial charge on any atom is 0.353 e. The van der Waals surface area contributed by atoms with Crippen molar-refractivity contribution >= 4 is 42.5 Å². The molecule has 2 saturated carbocycles. The zero-order valence-corrected chi connectivity index (χ0v) is 26.8. The summed E-state index contributed by atoms with van der Waals surface area (Å²) in [5.74, 6) is 24.7. The van der Waals surface area contributed by atoms with E-state index in [4.69, 9.17) is 0 Å². The number of rotatable bonds is 4. The Morgan fingerprint density at radius 2 is 0.805 bits per heavy atom. The average molecular weight is 664 g/mol. The average Bonchev–Trinajstić information content (AvgIpc) is 3.00. The van der Waals surface area contributed by atoms with Gasteiger partial charge in [0.05, 0.1) is 0 Å². The zero-order chi connectivity index (χ0) is 31.6. The molecule has 6 amide bonds. The van der Waals surface area contributed by atoms with Gasteiger partial charge in [-0.1, -0.05) is 38.5 Å². The van der Waals surface area contributed by atoms with Gasteiger partial charge >= 0.3 is 7.28 Å². The van der Waals surface area contributed by atoms with Gasteiger partial charge in [0.15, 0.2) is 11.6 Å². The van der Waals surface area contributed by atoms with E-state index >= 15 is 0 Å². The van der Waals surface area contributed by atoms with Gasteiger partial charge in [0.25, 0.3) is 0 Å². The molecule has 0 atom stereocenters. The number of carbonyl (C=O) groups is 6. The third-order valence-corrected chi connectivity index (χ3v) is 4.23. The van der Waals surface area contributed by atoms with Gasteiger partial charge in [0.1, 0.15) is 6.42 Å². The summed E-state index contributed by atoms with van der Waals surface area (Å²) < 4.78 is 0. The normalized spacial score (nSPS) is 12.2. The van der Waals surface area contributed by atoms with Crippen molar-refractivity contribution in [2.75, 3.05) is 0 Å². The van der Waals surface area contributed by atoms with Crippen molar-refractivity contribution in [1.29, 1.82) is 0 Å². The minimum absolute atomic E-state index is 0. The first-order chi connectivity index (χ1) is 18.9. The summed E-state index contributed by atoms with van der Waals surface area (Å²) in [6.07, 6.45) is 18.7. The maximum atomic E-state index is 10.2. The predicted molar refractivity (Wildman–Crippen MR) is 151 cm³/mol. The summed E-state index contributed by atoms with van der Waals surface area (Å²) >= 11 is 0. The molecule has 0 bridgehead atoms. The molecule has 2 radical (unpaired) electrons. The van der Waals surface area contributed by atoms with Crippen LogP contribution in [0.15, 0.2) is 0 Å². The van der Waals surface area contributed by atoms with Crippen LogP contribution in [0.25, 0.3) is 0 Å². The fraction of sp³-hybridized carbons (Fsp3) is 0.619. The summed E-state index contributed by atoms with van der Waals surface area (Å²) in [5.41, 5.74) is 10.8. The van der Waals surface area contributed by atoms with Crippen LogP contribution in [0.1, 0.15) is 84.5 Å². The molecule has 0 aromatic carbocycles. The largest absolute Gasteiger partial charge is 0.353 e.